The van der Waals surface area contributed by atoms with Crippen molar-refractivity contribution >= 4 is 6.47 Å². The van der Waals surface area contributed by atoms with Gasteiger partial charge in [0.1, 0.15) is 0 Å². The summed E-state index contributed by atoms with van der Waals surface area (Å²) in [7, 11) is 0. The van der Waals surface area contributed by atoms with E-state index < -0.39 is 30.9 Å². The Morgan fingerprint density at radius 1 is 1.23 bits per heavy atom. The van der Waals surface area contributed by atoms with Crippen molar-refractivity contribution in [3.05, 3.63) is 23.3 Å². The number of fused-ring (bicyclic) bond motifs is 2. The van der Waals surface area contributed by atoms with E-state index in [1.165, 1.54) is 6.92 Å². The van der Waals surface area contributed by atoms with Gasteiger partial charge in [-0.15, -0.1) is 0 Å². The third-order valence-electron chi connectivity index (χ3n) is 5.70. The minimum absolute atomic E-state index is 0.0575. The second-order valence-electron chi connectivity index (χ2n) is 7.93. The van der Waals surface area contributed by atoms with Crippen LogP contribution in [0.2, 0.25) is 0 Å². The van der Waals surface area contributed by atoms with Gasteiger partial charge >= 0.3 is 0 Å². The van der Waals surface area contributed by atoms with Crippen LogP contribution in [0.25, 0.3) is 0 Å². The van der Waals surface area contributed by atoms with E-state index in [0.717, 1.165) is 29.7 Å². The molecular weight excluding hydrogens is 396 g/mol. The Bertz CT molecular complexity index is 737. The first-order chi connectivity index (χ1) is 14.5. The summed E-state index contributed by atoms with van der Waals surface area (Å²) < 4.78 is 33.6. The lowest BCUT2D eigenvalue weighted by Gasteiger charge is -2.39. The van der Waals surface area contributed by atoms with E-state index in [0.29, 0.717) is 25.1 Å². The van der Waals surface area contributed by atoms with Gasteiger partial charge in [-0.1, -0.05) is 0 Å². The fourth-order valence-corrected chi connectivity index (χ4v) is 4.30. The second kappa shape index (κ2) is 9.49. The van der Waals surface area contributed by atoms with Gasteiger partial charge in [-0.2, -0.15) is 0 Å². The van der Waals surface area contributed by atoms with Crippen LogP contribution in [-0.2, 0) is 30.2 Å². The van der Waals surface area contributed by atoms with E-state index in [-0.39, 0.29) is 25.9 Å². The predicted octanol–water partition coefficient (Wildman–Crippen LogP) is 1.43. The Balaban J connectivity index is 1.53. The molecule has 4 rings (SSSR count). The monoisotopic (exact) mass is 424 g/mol. The van der Waals surface area contributed by atoms with Crippen LogP contribution in [0.15, 0.2) is 12.1 Å². The van der Waals surface area contributed by atoms with Crippen molar-refractivity contribution in [3.8, 4) is 11.5 Å². The molecule has 9 heteroatoms. The fourth-order valence-electron chi connectivity index (χ4n) is 4.30. The van der Waals surface area contributed by atoms with Crippen LogP contribution < -0.4 is 9.47 Å². The largest absolute Gasteiger partial charge is 0.467 e. The molecular formula is C21H28O9. The third-order valence-corrected chi connectivity index (χ3v) is 5.70. The number of ether oxygens (including phenoxy) is 6. The van der Waals surface area contributed by atoms with Crippen molar-refractivity contribution in [2.75, 3.05) is 20.0 Å². The highest BCUT2D eigenvalue weighted by atomic mass is 16.7. The van der Waals surface area contributed by atoms with Crippen LogP contribution in [0.5, 0.6) is 11.5 Å². The predicted molar refractivity (Wildman–Crippen MR) is 102 cm³/mol. The van der Waals surface area contributed by atoms with Crippen LogP contribution in [0.4, 0.5) is 0 Å². The molecule has 5 unspecified atom stereocenters. The molecule has 1 saturated heterocycles. The molecule has 1 aliphatic carbocycles. The van der Waals surface area contributed by atoms with Gasteiger partial charge in [0.25, 0.3) is 6.47 Å². The first kappa shape index (κ1) is 21.3. The number of hydrogen-bond donors (Lipinski definition) is 2. The molecule has 0 saturated carbocycles. The zero-order chi connectivity index (χ0) is 21.1. The van der Waals surface area contributed by atoms with E-state index in [1.807, 2.05) is 12.1 Å². The molecule has 30 heavy (non-hydrogen) atoms. The lowest BCUT2D eigenvalue weighted by Crippen LogP contribution is -2.41. The Labute approximate surface area is 174 Å². The number of carbonyl (C=O) groups is 1. The van der Waals surface area contributed by atoms with Crippen molar-refractivity contribution in [2.45, 2.75) is 63.5 Å². The normalized spacial score (nSPS) is 31.1. The molecule has 1 fully saturated rings. The summed E-state index contributed by atoms with van der Waals surface area (Å²) in [6, 6.07) is 3.89. The number of aliphatic hydroxyl groups excluding tert-OH is 2. The fraction of sp³-hybridized carbons (Fsp3) is 0.667. The van der Waals surface area contributed by atoms with Crippen molar-refractivity contribution in [2.24, 2.45) is 5.92 Å². The molecule has 6 atom stereocenters. The average molecular weight is 424 g/mol. The van der Waals surface area contributed by atoms with E-state index in [9.17, 15) is 15.0 Å². The Morgan fingerprint density at radius 3 is 2.80 bits per heavy atom. The maximum atomic E-state index is 10.8. The molecule has 0 spiro atoms. The maximum absolute atomic E-state index is 10.8. The number of hydrogen-bond acceptors (Lipinski definition) is 9. The number of rotatable bonds is 8. The number of carbonyl (C=O) groups excluding carboxylic acids is 1. The molecule has 0 amide bonds. The average Bonchev–Trinajstić information content (AvgIpc) is 3.17. The molecule has 2 N–H and O–H groups in total. The van der Waals surface area contributed by atoms with Gasteiger partial charge in [0.05, 0.1) is 31.5 Å². The van der Waals surface area contributed by atoms with Gasteiger partial charge in [-0.05, 0) is 43.0 Å². The SMILES string of the molecule is C[C@@H](O)OCC1CC(O)CC(OC2c3cc4c(cc3CCC2COC=O)OCO4)O1. The molecule has 166 valence electrons. The molecule has 0 radical (unpaired) electrons. The maximum Gasteiger partial charge on any atom is 0.293 e. The number of benzene rings is 1. The quantitative estimate of drug-likeness (QED) is 0.473. The molecule has 2 heterocycles. The summed E-state index contributed by atoms with van der Waals surface area (Å²) in [6.45, 7) is 2.53. The first-order valence-electron chi connectivity index (χ1n) is 10.3. The summed E-state index contributed by atoms with van der Waals surface area (Å²) in [4.78, 5) is 10.8. The lowest BCUT2D eigenvalue weighted by molar-refractivity contribution is -0.258. The van der Waals surface area contributed by atoms with Gasteiger partial charge in [0, 0.05) is 18.8 Å². The second-order valence-corrected chi connectivity index (χ2v) is 7.93. The van der Waals surface area contributed by atoms with Crippen LogP contribution in [-0.4, -0.2) is 61.5 Å². The van der Waals surface area contributed by atoms with Crippen LogP contribution in [0, 0.1) is 5.92 Å². The highest BCUT2D eigenvalue weighted by Crippen LogP contribution is 2.45. The topological polar surface area (TPSA) is 113 Å². The van der Waals surface area contributed by atoms with Gasteiger partial charge < -0.3 is 38.6 Å². The Hall–Kier alpha value is -1.91. The van der Waals surface area contributed by atoms with Crippen LogP contribution in [0.1, 0.15) is 43.4 Å². The zero-order valence-electron chi connectivity index (χ0n) is 16.9. The summed E-state index contributed by atoms with van der Waals surface area (Å²) in [6.07, 6.45) is -0.645. The molecule has 3 aliphatic rings. The van der Waals surface area contributed by atoms with Gasteiger partial charge in [0.15, 0.2) is 24.1 Å². The third kappa shape index (κ3) is 4.87. The van der Waals surface area contributed by atoms with E-state index in [4.69, 9.17) is 28.4 Å². The molecule has 1 aromatic rings. The van der Waals surface area contributed by atoms with Gasteiger partial charge in [-0.25, -0.2) is 0 Å². The number of aryl methyl sites for hydroxylation is 1. The Morgan fingerprint density at radius 2 is 2.03 bits per heavy atom. The van der Waals surface area contributed by atoms with Gasteiger partial charge in [-0.3, -0.25) is 4.79 Å². The molecule has 9 nitrogen and oxygen atoms in total. The lowest BCUT2D eigenvalue weighted by atomic mass is 9.81. The van der Waals surface area contributed by atoms with Gasteiger partial charge in [0.2, 0.25) is 6.79 Å². The van der Waals surface area contributed by atoms with Crippen molar-refractivity contribution in [1.82, 2.24) is 0 Å². The number of aliphatic hydroxyl groups is 2. The van der Waals surface area contributed by atoms with Crippen LogP contribution in [0.3, 0.4) is 0 Å². The van der Waals surface area contributed by atoms with Crippen molar-refractivity contribution < 1.29 is 43.4 Å². The summed E-state index contributed by atoms with van der Waals surface area (Å²) in [5.41, 5.74) is 2.04. The van der Waals surface area contributed by atoms with E-state index in [2.05, 4.69) is 0 Å². The molecule has 0 bridgehead atoms. The highest BCUT2D eigenvalue weighted by molar-refractivity contribution is 5.50. The molecule has 2 aliphatic heterocycles. The van der Waals surface area contributed by atoms with E-state index in [1.54, 1.807) is 0 Å². The summed E-state index contributed by atoms with van der Waals surface area (Å²) in [5.74, 6) is 1.32. The Kier molecular flexibility index (Phi) is 6.74. The highest BCUT2D eigenvalue weighted by Gasteiger charge is 2.38. The summed E-state index contributed by atoms with van der Waals surface area (Å²) >= 11 is 0. The van der Waals surface area contributed by atoms with E-state index >= 15 is 0 Å². The summed E-state index contributed by atoms with van der Waals surface area (Å²) in [5, 5.41) is 19.6. The zero-order valence-corrected chi connectivity index (χ0v) is 16.9. The molecule has 0 aromatic heterocycles. The van der Waals surface area contributed by atoms with Crippen molar-refractivity contribution in [1.29, 1.82) is 0 Å². The minimum Gasteiger partial charge on any atom is -0.467 e. The minimum atomic E-state index is -0.911. The van der Waals surface area contributed by atoms with Crippen molar-refractivity contribution in [3.63, 3.8) is 0 Å². The standard InChI is InChI=1S/C21H28O9/c1-12(23)26-9-16-5-15(24)6-20(29-16)30-21-14(8-25-10-22)3-2-13-4-18-19(7-17(13)21)28-11-27-18/h4,7,10,12,14-16,20-21,23-24H,2-3,5-6,8-9,11H2,1H3/t12-,14?,15?,16?,20?,21?/m0/s1. The van der Waals surface area contributed by atoms with Crippen LogP contribution >= 0.6 is 0 Å². The molecule has 1 aromatic carbocycles. The smallest absolute Gasteiger partial charge is 0.293 e. The first-order valence-corrected chi connectivity index (χ1v) is 10.3.